The first-order chi connectivity index (χ1) is 6.07. The fourth-order valence-corrected chi connectivity index (χ4v) is 1.10. The molecule has 6 nitrogen and oxygen atoms in total. The van der Waals surface area contributed by atoms with E-state index in [1.807, 2.05) is 0 Å². The SMILES string of the molecule is CNC(CCNCS(=O)[O-])C(=O)O. The number of carboxylic acids is 1. The van der Waals surface area contributed by atoms with Gasteiger partial charge in [0, 0.05) is 0 Å². The Labute approximate surface area is 79.0 Å². The largest absolute Gasteiger partial charge is 0.771 e. The molecule has 0 aromatic carbocycles. The molecule has 2 unspecified atom stereocenters. The maximum absolute atomic E-state index is 10.4. The quantitative estimate of drug-likeness (QED) is 0.347. The molecule has 0 rings (SSSR count). The van der Waals surface area contributed by atoms with Crippen LogP contribution < -0.4 is 10.6 Å². The molecule has 0 aromatic heterocycles. The highest BCUT2D eigenvalue weighted by Gasteiger charge is 2.13. The van der Waals surface area contributed by atoms with E-state index in [0.29, 0.717) is 13.0 Å². The normalized spacial score (nSPS) is 15.2. The summed E-state index contributed by atoms with van der Waals surface area (Å²) < 4.78 is 20.1. The van der Waals surface area contributed by atoms with E-state index in [1.54, 1.807) is 7.05 Å². The molecule has 0 spiro atoms. The Bertz CT molecular complexity index is 187. The van der Waals surface area contributed by atoms with Gasteiger partial charge in [0.25, 0.3) is 0 Å². The summed E-state index contributed by atoms with van der Waals surface area (Å²) in [6.45, 7) is 0.353. The molecule has 0 bridgehead atoms. The maximum atomic E-state index is 10.4. The van der Waals surface area contributed by atoms with Gasteiger partial charge in [-0.1, -0.05) is 0 Å². The van der Waals surface area contributed by atoms with Crippen LogP contribution in [0.25, 0.3) is 0 Å². The smallest absolute Gasteiger partial charge is 0.320 e. The highest BCUT2D eigenvalue weighted by molar-refractivity contribution is 7.79. The van der Waals surface area contributed by atoms with Gasteiger partial charge in [0.2, 0.25) is 0 Å². The van der Waals surface area contributed by atoms with Gasteiger partial charge in [0.05, 0.1) is 5.88 Å². The first kappa shape index (κ1) is 12.5. The van der Waals surface area contributed by atoms with Gasteiger partial charge in [-0.15, -0.1) is 0 Å². The third kappa shape index (κ3) is 6.64. The lowest BCUT2D eigenvalue weighted by Gasteiger charge is -2.12. The molecule has 0 aliphatic heterocycles. The Morgan fingerprint density at radius 3 is 2.69 bits per heavy atom. The lowest BCUT2D eigenvalue weighted by molar-refractivity contribution is -0.139. The van der Waals surface area contributed by atoms with E-state index in [2.05, 4.69) is 10.6 Å². The third-order valence-electron chi connectivity index (χ3n) is 1.48. The highest BCUT2D eigenvalue weighted by atomic mass is 32.2. The summed E-state index contributed by atoms with van der Waals surface area (Å²) in [5.41, 5.74) is 0. The van der Waals surface area contributed by atoms with E-state index in [0.717, 1.165) is 0 Å². The Morgan fingerprint density at radius 1 is 1.69 bits per heavy atom. The van der Waals surface area contributed by atoms with E-state index in [-0.39, 0.29) is 5.88 Å². The summed E-state index contributed by atoms with van der Waals surface area (Å²) in [4.78, 5) is 10.4. The predicted molar refractivity (Wildman–Crippen MR) is 46.9 cm³/mol. The molecule has 0 saturated carbocycles. The molecule has 13 heavy (non-hydrogen) atoms. The van der Waals surface area contributed by atoms with Crippen LogP contribution in [0.1, 0.15) is 6.42 Å². The molecule has 0 fully saturated rings. The zero-order chi connectivity index (χ0) is 10.3. The Hall–Kier alpha value is -0.500. The molecule has 0 aliphatic rings. The van der Waals surface area contributed by atoms with Crippen molar-refractivity contribution < 1.29 is 18.7 Å². The maximum Gasteiger partial charge on any atom is 0.320 e. The molecule has 0 aliphatic carbocycles. The molecule has 7 heteroatoms. The van der Waals surface area contributed by atoms with Crippen molar-refractivity contribution in [1.29, 1.82) is 0 Å². The number of aliphatic carboxylic acids is 1. The van der Waals surface area contributed by atoms with Gasteiger partial charge in [-0.05, 0) is 31.1 Å². The third-order valence-corrected chi connectivity index (χ3v) is 1.92. The van der Waals surface area contributed by atoms with Crippen molar-refractivity contribution in [1.82, 2.24) is 10.6 Å². The topological polar surface area (TPSA) is 101 Å². The average Bonchev–Trinajstić information content (AvgIpc) is 2.03. The zero-order valence-corrected chi connectivity index (χ0v) is 8.10. The van der Waals surface area contributed by atoms with Gasteiger partial charge in [0.1, 0.15) is 6.04 Å². The first-order valence-corrected chi connectivity index (χ1v) is 4.99. The molecular weight excluding hydrogens is 196 g/mol. The van der Waals surface area contributed by atoms with E-state index < -0.39 is 23.1 Å². The second-order valence-electron chi connectivity index (χ2n) is 2.42. The monoisotopic (exact) mass is 209 g/mol. The van der Waals surface area contributed by atoms with Crippen molar-refractivity contribution in [3.8, 4) is 0 Å². The van der Waals surface area contributed by atoms with Gasteiger partial charge in [-0.25, -0.2) is 0 Å². The van der Waals surface area contributed by atoms with Crippen molar-refractivity contribution in [2.75, 3.05) is 19.5 Å². The van der Waals surface area contributed by atoms with Crippen molar-refractivity contribution >= 4 is 17.0 Å². The van der Waals surface area contributed by atoms with Crippen LogP contribution in [0.2, 0.25) is 0 Å². The second-order valence-corrected chi connectivity index (χ2v) is 3.31. The van der Waals surface area contributed by atoms with Crippen LogP contribution in [0.5, 0.6) is 0 Å². The van der Waals surface area contributed by atoms with Crippen LogP contribution in [0.15, 0.2) is 0 Å². The molecule has 78 valence electrons. The van der Waals surface area contributed by atoms with Gasteiger partial charge >= 0.3 is 5.97 Å². The van der Waals surface area contributed by atoms with Crippen LogP contribution in [-0.2, 0) is 15.9 Å². The summed E-state index contributed by atoms with van der Waals surface area (Å²) in [6.07, 6.45) is 0.350. The summed E-state index contributed by atoms with van der Waals surface area (Å²) in [6, 6.07) is -0.632. The summed E-state index contributed by atoms with van der Waals surface area (Å²) >= 11 is -2.12. The van der Waals surface area contributed by atoms with Crippen LogP contribution >= 0.6 is 0 Å². The van der Waals surface area contributed by atoms with Gasteiger partial charge in [-0.3, -0.25) is 9.00 Å². The molecule has 0 saturated heterocycles. The number of carbonyl (C=O) groups is 1. The van der Waals surface area contributed by atoms with Crippen LogP contribution in [0.4, 0.5) is 0 Å². The van der Waals surface area contributed by atoms with Crippen molar-refractivity contribution in [2.45, 2.75) is 12.5 Å². The van der Waals surface area contributed by atoms with E-state index in [9.17, 15) is 13.6 Å². The second kappa shape index (κ2) is 6.96. The zero-order valence-electron chi connectivity index (χ0n) is 7.28. The highest BCUT2D eigenvalue weighted by Crippen LogP contribution is 1.89. The number of hydrogen-bond donors (Lipinski definition) is 3. The standard InChI is InChI=1S/C6H14N2O4S/c1-7-5(6(9)10)2-3-8-4-13(11)12/h5,7-8H,2-4H2,1H3,(H,9,10)(H,11,12)/p-1. The lowest BCUT2D eigenvalue weighted by atomic mass is 10.2. The number of likely N-dealkylation sites (N-methyl/N-ethyl adjacent to an activating group) is 1. The van der Waals surface area contributed by atoms with Gasteiger partial charge < -0.3 is 20.3 Å². The van der Waals surface area contributed by atoms with Crippen molar-refractivity contribution in [3.05, 3.63) is 0 Å². The summed E-state index contributed by atoms with van der Waals surface area (Å²) in [5.74, 6) is -1.08. The molecule has 0 aromatic rings. The molecule has 0 heterocycles. The Morgan fingerprint density at radius 2 is 2.31 bits per heavy atom. The minimum absolute atomic E-state index is 0.143. The number of carboxylic acid groups (broad SMARTS) is 1. The number of hydrogen-bond acceptors (Lipinski definition) is 5. The van der Waals surface area contributed by atoms with Crippen LogP contribution in [-0.4, -0.2) is 45.3 Å². The predicted octanol–water partition coefficient (Wildman–Crippen LogP) is -1.52. The van der Waals surface area contributed by atoms with Gasteiger partial charge in [0.15, 0.2) is 0 Å². The van der Waals surface area contributed by atoms with Crippen LogP contribution in [0.3, 0.4) is 0 Å². The van der Waals surface area contributed by atoms with E-state index in [1.165, 1.54) is 0 Å². The first-order valence-electron chi connectivity index (χ1n) is 3.74. The fraction of sp³-hybridized carbons (Fsp3) is 0.833. The van der Waals surface area contributed by atoms with Crippen LogP contribution in [0, 0.1) is 0 Å². The molecule has 3 N–H and O–H groups in total. The average molecular weight is 209 g/mol. The minimum Gasteiger partial charge on any atom is -0.771 e. The minimum atomic E-state index is -2.12. The van der Waals surface area contributed by atoms with Gasteiger partial charge in [-0.2, -0.15) is 0 Å². The lowest BCUT2D eigenvalue weighted by Crippen LogP contribution is -2.37. The number of rotatable bonds is 7. The van der Waals surface area contributed by atoms with E-state index in [4.69, 9.17) is 5.11 Å². The fourth-order valence-electron chi connectivity index (χ4n) is 0.793. The Kier molecular flexibility index (Phi) is 6.69. The number of nitrogens with one attached hydrogen (secondary N) is 2. The molecular formula is C6H13N2O4S-. The summed E-state index contributed by atoms with van der Waals surface area (Å²) in [5, 5.41) is 13.8. The summed E-state index contributed by atoms with van der Waals surface area (Å²) in [7, 11) is 1.55. The van der Waals surface area contributed by atoms with Crippen molar-refractivity contribution in [3.63, 3.8) is 0 Å². The molecule has 2 atom stereocenters. The Balaban J connectivity index is 3.50. The van der Waals surface area contributed by atoms with E-state index >= 15 is 0 Å². The van der Waals surface area contributed by atoms with Crippen molar-refractivity contribution in [2.24, 2.45) is 0 Å². The molecule has 0 radical (unpaired) electrons. The molecule has 0 amide bonds.